The minimum absolute atomic E-state index is 0.0550. The molecule has 0 saturated heterocycles. The maximum atomic E-state index is 10.4. The van der Waals surface area contributed by atoms with Crippen LogP contribution in [-0.4, -0.2) is 32.6 Å². The smallest absolute Gasteiger partial charge is 0.304 e. The molecule has 0 bridgehead atoms. The van der Waals surface area contributed by atoms with E-state index in [9.17, 15) is 4.79 Å². The highest BCUT2D eigenvalue weighted by atomic mass is 16.4. The average molecular weight is 182 g/mol. The van der Waals surface area contributed by atoms with Crippen LogP contribution in [0.15, 0.2) is 12.7 Å². The predicted octanol–water partition coefficient (Wildman–Crippen LogP) is -0.611. The standard InChI is InChI=1S/C7H10N4O2/c8-2-5(1-6(12)13)7-10-3-9-4-11-7/h3-5H,1-2,8H2,(H,12,13). The number of nitrogens with zero attached hydrogens (tertiary/aromatic N) is 3. The first-order valence-electron chi connectivity index (χ1n) is 3.77. The van der Waals surface area contributed by atoms with Crippen LogP contribution >= 0.6 is 0 Å². The Labute approximate surface area is 74.8 Å². The van der Waals surface area contributed by atoms with Gasteiger partial charge in [0.05, 0.1) is 6.42 Å². The molecule has 1 unspecified atom stereocenters. The van der Waals surface area contributed by atoms with Crippen molar-refractivity contribution in [3.63, 3.8) is 0 Å². The molecule has 0 saturated carbocycles. The molecule has 3 N–H and O–H groups in total. The Balaban J connectivity index is 2.73. The van der Waals surface area contributed by atoms with Crippen molar-refractivity contribution in [2.75, 3.05) is 6.54 Å². The highest BCUT2D eigenvalue weighted by Crippen LogP contribution is 2.12. The second kappa shape index (κ2) is 4.46. The molecule has 1 rings (SSSR count). The second-order valence-corrected chi connectivity index (χ2v) is 2.53. The van der Waals surface area contributed by atoms with E-state index in [1.165, 1.54) is 12.7 Å². The van der Waals surface area contributed by atoms with E-state index in [2.05, 4.69) is 15.0 Å². The minimum atomic E-state index is -0.907. The van der Waals surface area contributed by atoms with Crippen molar-refractivity contribution in [2.24, 2.45) is 5.73 Å². The Hall–Kier alpha value is -1.56. The molecule has 1 heterocycles. The summed E-state index contributed by atoms with van der Waals surface area (Å²) in [5, 5.41) is 8.55. The Kier molecular flexibility index (Phi) is 3.27. The molecule has 0 spiro atoms. The van der Waals surface area contributed by atoms with Crippen molar-refractivity contribution in [3.8, 4) is 0 Å². The van der Waals surface area contributed by atoms with Crippen LogP contribution in [0.3, 0.4) is 0 Å². The fraction of sp³-hybridized carbons (Fsp3) is 0.429. The van der Waals surface area contributed by atoms with E-state index >= 15 is 0 Å². The lowest BCUT2D eigenvalue weighted by Crippen LogP contribution is -2.18. The molecule has 1 atom stereocenters. The van der Waals surface area contributed by atoms with Gasteiger partial charge in [-0.1, -0.05) is 0 Å². The number of nitrogens with two attached hydrogens (primary N) is 1. The largest absolute Gasteiger partial charge is 0.481 e. The van der Waals surface area contributed by atoms with Gasteiger partial charge in [-0.05, 0) is 0 Å². The number of carboxylic acids is 1. The topological polar surface area (TPSA) is 102 Å². The van der Waals surface area contributed by atoms with Crippen LogP contribution in [-0.2, 0) is 4.79 Å². The SMILES string of the molecule is NCC(CC(=O)O)c1ncncn1. The third-order valence-electron chi connectivity index (χ3n) is 1.58. The summed E-state index contributed by atoms with van der Waals surface area (Å²) < 4.78 is 0. The first kappa shape index (κ1) is 9.53. The normalized spacial score (nSPS) is 12.4. The van der Waals surface area contributed by atoms with E-state index in [1.54, 1.807) is 0 Å². The van der Waals surface area contributed by atoms with Crippen molar-refractivity contribution in [2.45, 2.75) is 12.3 Å². The van der Waals surface area contributed by atoms with Gasteiger partial charge in [-0.15, -0.1) is 0 Å². The van der Waals surface area contributed by atoms with E-state index in [-0.39, 0.29) is 18.9 Å². The fourth-order valence-electron chi connectivity index (χ4n) is 0.950. The van der Waals surface area contributed by atoms with Crippen molar-refractivity contribution in [1.82, 2.24) is 15.0 Å². The molecule has 0 amide bonds. The van der Waals surface area contributed by atoms with E-state index < -0.39 is 5.97 Å². The third kappa shape index (κ3) is 2.75. The summed E-state index contributed by atoms with van der Waals surface area (Å²) in [5.41, 5.74) is 5.39. The molecule has 0 aromatic carbocycles. The Morgan fingerprint density at radius 3 is 2.62 bits per heavy atom. The number of hydrogen-bond donors (Lipinski definition) is 2. The van der Waals surface area contributed by atoms with Gasteiger partial charge in [-0.25, -0.2) is 15.0 Å². The van der Waals surface area contributed by atoms with E-state index in [0.29, 0.717) is 5.82 Å². The van der Waals surface area contributed by atoms with Crippen LogP contribution in [0.25, 0.3) is 0 Å². The molecule has 6 nitrogen and oxygen atoms in total. The Morgan fingerprint density at radius 2 is 2.15 bits per heavy atom. The third-order valence-corrected chi connectivity index (χ3v) is 1.58. The summed E-state index contributed by atoms with van der Waals surface area (Å²) in [5.74, 6) is -0.809. The average Bonchev–Trinajstić information content (AvgIpc) is 2.15. The van der Waals surface area contributed by atoms with Crippen molar-refractivity contribution >= 4 is 5.97 Å². The summed E-state index contributed by atoms with van der Waals surface area (Å²) in [6.45, 7) is 0.219. The predicted molar refractivity (Wildman–Crippen MR) is 43.9 cm³/mol. The number of carboxylic acid groups (broad SMARTS) is 1. The number of aliphatic carboxylic acids is 1. The molecule has 0 radical (unpaired) electrons. The Morgan fingerprint density at radius 1 is 1.54 bits per heavy atom. The summed E-state index contributed by atoms with van der Waals surface area (Å²) in [6, 6.07) is 0. The van der Waals surface area contributed by atoms with Gasteiger partial charge < -0.3 is 10.8 Å². The molecular weight excluding hydrogens is 172 g/mol. The zero-order chi connectivity index (χ0) is 9.68. The molecule has 1 aromatic heterocycles. The Bertz CT molecular complexity index is 277. The van der Waals surface area contributed by atoms with Gasteiger partial charge in [0.2, 0.25) is 0 Å². The molecule has 13 heavy (non-hydrogen) atoms. The van der Waals surface area contributed by atoms with Crippen LogP contribution < -0.4 is 5.73 Å². The van der Waals surface area contributed by atoms with Crippen LogP contribution in [0.4, 0.5) is 0 Å². The van der Waals surface area contributed by atoms with Crippen LogP contribution in [0.5, 0.6) is 0 Å². The summed E-state index contributed by atoms with van der Waals surface area (Å²) in [6.07, 6.45) is 2.60. The molecule has 0 aliphatic heterocycles. The van der Waals surface area contributed by atoms with E-state index in [0.717, 1.165) is 0 Å². The summed E-state index contributed by atoms with van der Waals surface area (Å²) >= 11 is 0. The van der Waals surface area contributed by atoms with Crippen LogP contribution in [0.2, 0.25) is 0 Å². The maximum absolute atomic E-state index is 10.4. The van der Waals surface area contributed by atoms with Gasteiger partial charge in [-0.3, -0.25) is 4.79 Å². The lowest BCUT2D eigenvalue weighted by molar-refractivity contribution is -0.137. The van der Waals surface area contributed by atoms with E-state index in [4.69, 9.17) is 10.8 Å². The quantitative estimate of drug-likeness (QED) is 0.643. The summed E-state index contributed by atoms with van der Waals surface area (Å²) in [7, 11) is 0. The van der Waals surface area contributed by atoms with Gasteiger partial charge in [0.25, 0.3) is 0 Å². The first-order valence-corrected chi connectivity index (χ1v) is 3.77. The number of hydrogen-bond acceptors (Lipinski definition) is 5. The molecule has 1 aromatic rings. The number of rotatable bonds is 4. The molecule has 0 fully saturated rings. The number of aromatic nitrogens is 3. The van der Waals surface area contributed by atoms with Crippen LogP contribution in [0.1, 0.15) is 18.2 Å². The highest BCUT2D eigenvalue weighted by molar-refractivity contribution is 5.67. The molecule has 0 aliphatic rings. The van der Waals surface area contributed by atoms with Crippen molar-refractivity contribution in [1.29, 1.82) is 0 Å². The zero-order valence-electron chi connectivity index (χ0n) is 6.92. The van der Waals surface area contributed by atoms with Crippen molar-refractivity contribution < 1.29 is 9.90 Å². The molecule has 0 aliphatic carbocycles. The van der Waals surface area contributed by atoms with Gasteiger partial charge in [0.1, 0.15) is 18.5 Å². The minimum Gasteiger partial charge on any atom is -0.481 e. The van der Waals surface area contributed by atoms with Crippen molar-refractivity contribution in [3.05, 3.63) is 18.5 Å². The fourth-order valence-corrected chi connectivity index (χ4v) is 0.950. The monoisotopic (exact) mass is 182 g/mol. The zero-order valence-corrected chi connectivity index (χ0v) is 6.92. The van der Waals surface area contributed by atoms with Gasteiger partial charge in [-0.2, -0.15) is 0 Å². The number of carbonyl (C=O) groups is 1. The van der Waals surface area contributed by atoms with Gasteiger partial charge in [0, 0.05) is 12.5 Å². The highest BCUT2D eigenvalue weighted by Gasteiger charge is 2.15. The van der Waals surface area contributed by atoms with Gasteiger partial charge in [0.15, 0.2) is 0 Å². The lowest BCUT2D eigenvalue weighted by Gasteiger charge is -2.08. The molecule has 70 valence electrons. The first-order chi connectivity index (χ1) is 6.24. The van der Waals surface area contributed by atoms with Gasteiger partial charge >= 0.3 is 5.97 Å². The maximum Gasteiger partial charge on any atom is 0.304 e. The van der Waals surface area contributed by atoms with Crippen LogP contribution in [0, 0.1) is 0 Å². The molecular formula is C7H10N4O2. The molecule has 6 heteroatoms. The summed E-state index contributed by atoms with van der Waals surface area (Å²) in [4.78, 5) is 21.7. The van der Waals surface area contributed by atoms with E-state index in [1.807, 2.05) is 0 Å². The lowest BCUT2D eigenvalue weighted by atomic mass is 10.1. The second-order valence-electron chi connectivity index (χ2n) is 2.53.